The van der Waals surface area contributed by atoms with Gasteiger partial charge in [-0.2, -0.15) is 0 Å². The van der Waals surface area contributed by atoms with Crippen LogP contribution < -0.4 is 0 Å². The molecule has 7 heteroatoms. The van der Waals surface area contributed by atoms with Crippen LogP contribution in [0.5, 0.6) is 0 Å². The summed E-state index contributed by atoms with van der Waals surface area (Å²) >= 11 is 2.34. The number of esters is 1. The van der Waals surface area contributed by atoms with Gasteiger partial charge in [0.1, 0.15) is 6.10 Å². The summed E-state index contributed by atoms with van der Waals surface area (Å²) in [5.74, 6) is -1.03. The van der Waals surface area contributed by atoms with Crippen molar-refractivity contribution in [3.05, 3.63) is 38.0 Å². The number of rotatable bonds is 5. The molecule has 0 aromatic heterocycles. The quantitative estimate of drug-likeness (QED) is 0.424. The van der Waals surface area contributed by atoms with Crippen LogP contribution in [0.15, 0.2) is 20.9 Å². The molecule has 164 valence electrons. The van der Waals surface area contributed by atoms with Gasteiger partial charge < -0.3 is 14.3 Å². The largest absolute Gasteiger partial charge is 0.461 e. The molecule has 0 saturated carbocycles. The molecule has 1 aromatic rings. The van der Waals surface area contributed by atoms with Crippen molar-refractivity contribution >= 4 is 45.6 Å². The third kappa shape index (κ3) is 2.88. The van der Waals surface area contributed by atoms with Crippen LogP contribution >= 0.6 is 22.6 Å². The van der Waals surface area contributed by atoms with Gasteiger partial charge in [0.25, 0.3) is 0 Å². The third-order valence-electron chi connectivity index (χ3n) is 7.05. The summed E-state index contributed by atoms with van der Waals surface area (Å²) in [6, 6.07) is 4.39. The molecule has 5 rings (SSSR count). The summed E-state index contributed by atoms with van der Waals surface area (Å²) in [5.41, 5.74) is 5.86. The molecule has 0 spiro atoms. The maximum atomic E-state index is 13.9. The van der Waals surface area contributed by atoms with E-state index in [0.29, 0.717) is 0 Å². The van der Waals surface area contributed by atoms with E-state index in [9.17, 15) is 9.59 Å². The van der Waals surface area contributed by atoms with Gasteiger partial charge in [0, 0.05) is 15.1 Å². The highest BCUT2D eigenvalue weighted by Crippen LogP contribution is 2.60. The van der Waals surface area contributed by atoms with Crippen molar-refractivity contribution in [2.45, 2.75) is 58.8 Å². The van der Waals surface area contributed by atoms with Gasteiger partial charge >= 0.3 is 5.97 Å². The van der Waals surface area contributed by atoms with Crippen molar-refractivity contribution < 1.29 is 23.9 Å². The fourth-order valence-electron chi connectivity index (χ4n) is 5.86. The third-order valence-corrected chi connectivity index (χ3v) is 8.31. The lowest BCUT2D eigenvalue weighted by molar-refractivity contribution is -0.135. The van der Waals surface area contributed by atoms with E-state index in [2.05, 4.69) is 60.7 Å². The number of fused-ring (bicyclic) bond motifs is 8. The van der Waals surface area contributed by atoms with Crippen LogP contribution in [0.25, 0.3) is 5.57 Å². The van der Waals surface area contributed by atoms with E-state index >= 15 is 0 Å². The number of ether oxygens (including phenoxy) is 2. The first-order valence-electron chi connectivity index (χ1n) is 11.1. The SMILES string of the molecule is CCOC(=O)C1=NOC2C1[C@@H]1O[C@H]2[C@H]2C(I)=C(c3c(CC)cc(C)cc3CC)C(=O)[C@H]21. The summed E-state index contributed by atoms with van der Waals surface area (Å²) in [6.07, 6.45) is 0.733. The van der Waals surface area contributed by atoms with Gasteiger partial charge in [-0.05, 0) is 66.0 Å². The predicted octanol–water partition coefficient (Wildman–Crippen LogP) is 3.80. The highest BCUT2D eigenvalue weighted by atomic mass is 127. The fourth-order valence-corrected chi connectivity index (χ4v) is 7.14. The zero-order valence-electron chi connectivity index (χ0n) is 18.1. The minimum Gasteiger partial charge on any atom is -0.461 e. The van der Waals surface area contributed by atoms with Crippen LogP contribution in [0.3, 0.4) is 0 Å². The molecule has 2 bridgehead atoms. The van der Waals surface area contributed by atoms with Gasteiger partial charge in [0.2, 0.25) is 0 Å². The molecule has 0 amide bonds. The number of allylic oxidation sites excluding steroid dienone is 1. The number of aryl methyl sites for hydroxylation is 3. The van der Waals surface area contributed by atoms with Crippen molar-refractivity contribution in [1.29, 1.82) is 0 Å². The molecule has 6 atom stereocenters. The van der Waals surface area contributed by atoms with E-state index in [4.69, 9.17) is 14.3 Å². The van der Waals surface area contributed by atoms with Gasteiger partial charge in [-0.25, -0.2) is 4.79 Å². The second-order valence-corrected chi connectivity index (χ2v) is 9.82. The molecule has 1 aromatic carbocycles. The highest BCUT2D eigenvalue weighted by Gasteiger charge is 2.70. The predicted molar refractivity (Wildman–Crippen MR) is 124 cm³/mol. The first kappa shape index (κ1) is 21.1. The Morgan fingerprint density at radius 3 is 2.35 bits per heavy atom. The molecule has 0 N–H and O–H groups in total. The molecule has 4 aliphatic rings. The molecule has 31 heavy (non-hydrogen) atoms. The lowest BCUT2D eigenvalue weighted by atomic mass is 9.72. The fraction of sp³-hybridized carbons (Fsp3) is 0.542. The Kier molecular flexibility index (Phi) is 5.24. The van der Waals surface area contributed by atoms with Crippen LogP contribution in [0, 0.1) is 24.7 Å². The average Bonchev–Trinajstić information content (AvgIpc) is 3.48. The number of oxime groups is 1. The van der Waals surface area contributed by atoms with Gasteiger partial charge in [0.05, 0.1) is 24.5 Å². The minimum atomic E-state index is -0.476. The molecule has 2 fully saturated rings. The number of hydrogen-bond donors (Lipinski definition) is 0. The molecule has 3 heterocycles. The molecular weight excluding hydrogens is 509 g/mol. The normalized spacial score (nSPS) is 32.8. The number of Topliss-reactive ketones (excluding diaryl/α,β-unsaturated/α-hetero) is 1. The topological polar surface area (TPSA) is 74.2 Å². The van der Waals surface area contributed by atoms with E-state index in [1.54, 1.807) is 6.92 Å². The zero-order valence-corrected chi connectivity index (χ0v) is 20.3. The lowest BCUT2D eigenvalue weighted by Crippen LogP contribution is -2.46. The minimum absolute atomic E-state index is 0.0400. The lowest BCUT2D eigenvalue weighted by Gasteiger charge is -2.28. The smallest absolute Gasteiger partial charge is 0.356 e. The Morgan fingerprint density at radius 1 is 1.06 bits per heavy atom. The van der Waals surface area contributed by atoms with Crippen molar-refractivity contribution in [2.75, 3.05) is 6.61 Å². The zero-order chi connectivity index (χ0) is 22.0. The van der Waals surface area contributed by atoms with Crippen LogP contribution in [-0.2, 0) is 36.7 Å². The maximum Gasteiger partial charge on any atom is 0.356 e. The summed E-state index contributed by atoms with van der Waals surface area (Å²) in [7, 11) is 0. The Hall–Kier alpha value is -1.74. The summed E-state index contributed by atoms with van der Waals surface area (Å²) in [5, 5.41) is 4.03. The number of hydrogen-bond acceptors (Lipinski definition) is 6. The summed E-state index contributed by atoms with van der Waals surface area (Å²) in [6.45, 7) is 8.41. The van der Waals surface area contributed by atoms with E-state index in [1.807, 2.05) is 0 Å². The van der Waals surface area contributed by atoms with Crippen molar-refractivity contribution in [3.8, 4) is 0 Å². The Balaban J connectivity index is 1.55. The van der Waals surface area contributed by atoms with E-state index < -0.39 is 12.1 Å². The van der Waals surface area contributed by atoms with E-state index in [0.717, 1.165) is 27.6 Å². The van der Waals surface area contributed by atoms with Crippen LogP contribution in [0.2, 0.25) is 0 Å². The molecule has 2 saturated heterocycles. The molecule has 0 radical (unpaired) electrons. The second-order valence-electron chi connectivity index (χ2n) is 8.66. The van der Waals surface area contributed by atoms with Crippen molar-refractivity contribution in [3.63, 3.8) is 0 Å². The van der Waals surface area contributed by atoms with Crippen LogP contribution in [0.4, 0.5) is 0 Å². The molecule has 1 aliphatic carbocycles. The van der Waals surface area contributed by atoms with E-state index in [1.165, 1.54) is 16.7 Å². The first-order chi connectivity index (χ1) is 14.9. The standard InChI is InChI=1S/C24H26INO5/c1-5-11-8-10(4)9-12(6-2)13(11)14-18(25)15-16(20(14)27)21-17-19(24(28)29-7-3)26-31-23(17)22(15)30-21/h8-9,15-17,21-23H,5-7H2,1-4H3/t15-,16+,17?,21-,22+,23?/m1/s1. The van der Waals surface area contributed by atoms with Gasteiger partial charge in [-0.1, -0.05) is 36.7 Å². The van der Waals surface area contributed by atoms with Gasteiger partial charge in [-0.3, -0.25) is 4.79 Å². The molecule has 3 aliphatic heterocycles. The first-order valence-corrected chi connectivity index (χ1v) is 12.1. The Morgan fingerprint density at radius 2 is 1.74 bits per heavy atom. The Labute approximate surface area is 195 Å². The molecule has 6 nitrogen and oxygen atoms in total. The molecular formula is C24H26INO5. The number of halogens is 1. The molecule has 2 unspecified atom stereocenters. The van der Waals surface area contributed by atoms with Gasteiger partial charge in [0.15, 0.2) is 17.6 Å². The number of carbonyl (C=O) groups excluding carboxylic acids is 2. The van der Waals surface area contributed by atoms with Crippen molar-refractivity contribution in [1.82, 2.24) is 0 Å². The van der Waals surface area contributed by atoms with Crippen LogP contribution in [-0.4, -0.2) is 42.4 Å². The maximum absolute atomic E-state index is 13.9. The second kappa shape index (κ2) is 7.69. The number of benzene rings is 1. The number of ketones is 1. The highest BCUT2D eigenvalue weighted by molar-refractivity contribution is 14.1. The van der Waals surface area contributed by atoms with Crippen LogP contribution in [0.1, 0.15) is 43.0 Å². The number of nitrogens with zero attached hydrogens (tertiary/aromatic N) is 1. The summed E-state index contributed by atoms with van der Waals surface area (Å²) < 4.78 is 12.5. The summed E-state index contributed by atoms with van der Waals surface area (Å²) in [4.78, 5) is 31.9. The monoisotopic (exact) mass is 535 g/mol. The van der Waals surface area contributed by atoms with Crippen molar-refractivity contribution in [2.24, 2.45) is 22.9 Å². The average molecular weight is 535 g/mol. The number of carbonyl (C=O) groups is 2. The Bertz CT molecular complexity index is 1020. The van der Waals surface area contributed by atoms with E-state index in [-0.39, 0.29) is 48.1 Å². The van der Waals surface area contributed by atoms with Gasteiger partial charge in [-0.15, -0.1) is 0 Å².